The molecule has 0 spiro atoms. The predicted molar refractivity (Wildman–Crippen MR) is 115 cm³/mol. The summed E-state index contributed by atoms with van der Waals surface area (Å²) < 4.78 is 7.81. The Balaban J connectivity index is 0.00000300. The summed E-state index contributed by atoms with van der Waals surface area (Å²) in [6.45, 7) is 0. The maximum atomic E-state index is 12.7. The number of aryl methyl sites for hydroxylation is 1. The van der Waals surface area contributed by atoms with E-state index in [2.05, 4.69) is 4.74 Å². The molecule has 0 fully saturated rings. The molecular formula is C21H23ClN4O3. The molecule has 1 aromatic heterocycles. The first kappa shape index (κ1) is 22.0. The molecule has 2 aromatic carbocycles. The van der Waals surface area contributed by atoms with Gasteiger partial charge in [0, 0.05) is 25.2 Å². The summed E-state index contributed by atoms with van der Waals surface area (Å²) in [5.74, 6) is -0.251. The second kappa shape index (κ2) is 9.25. The first-order valence-electron chi connectivity index (χ1n) is 8.80. The first-order valence-corrected chi connectivity index (χ1v) is 8.80. The average molecular weight is 415 g/mol. The molecule has 0 amide bonds. The molecule has 8 heteroatoms. The van der Waals surface area contributed by atoms with Crippen molar-refractivity contribution in [1.82, 2.24) is 9.13 Å². The monoisotopic (exact) mass is 414 g/mol. The van der Waals surface area contributed by atoms with Crippen molar-refractivity contribution in [3.63, 3.8) is 0 Å². The molecule has 7 nitrogen and oxygen atoms in total. The lowest BCUT2D eigenvalue weighted by molar-refractivity contribution is -0.140. The molecule has 0 bridgehead atoms. The Morgan fingerprint density at radius 2 is 1.72 bits per heavy atom. The lowest BCUT2D eigenvalue weighted by Crippen LogP contribution is -2.21. The van der Waals surface area contributed by atoms with E-state index in [1.807, 2.05) is 24.3 Å². The number of esters is 1. The maximum Gasteiger partial charge on any atom is 0.332 e. The number of aromatic nitrogens is 2. The minimum atomic E-state index is -0.237. The first-order chi connectivity index (χ1) is 13.4. The molecule has 0 radical (unpaired) electrons. The topological polar surface area (TPSA) is 103 Å². The number of amidine groups is 1. The third-order valence-corrected chi connectivity index (χ3v) is 4.66. The van der Waals surface area contributed by atoms with Crippen molar-refractivity contribution in [3.8, 4) is 16.9 Å². The number of ether oxygens (including phenoxy) is 1. The Hall–Kier alpha value is -3.32. The number of imidazole rings is 1. The summed E-state index contributed by atoms with van der Waals surface area (Å²) >= 11 is 0. The summed E-state index contributed by atoms with van der Waals surface area (Å²) in [6.07, 6.45) is 2.73. The SMILES string of the molecule is COC(=O)CCc1ccc(-c2cn(-c3ccc(C(=N)N)cc3)c(=O)n2C)cc1.Cl. The molecule has 3 aromatic rings. The van der Waals surface area contributed by atoms with Crippen molar-refractivity contribution < 1.29 is 9.53 Å². The molecule has 0 saturated heterocycles. The number of hydrogen-bond donors (Lipinski definition) is 2. The highest BCUT2D eigenvalue weighted by Gasteiger charge is 2.12. The second-order valence-electron chi connectivity index (χ2n) is 6.46. The fourth-order valence-electron chi connectivity index (χ4n) is 2.97. The molecule has 152 valence electrons. The van der Waals surface area contributed by atoms with Crippen molar-refractivity contribution in [1.29, 1.82) is 5.41 Å². The average Bonchev–Trinajstić information content (AvgIpc) is 3.01. The number of nitrogens with zero attached hydrogens (tertiary/aromatic N) is 2. The van der Waals surface area contributed by atoms with Crippen LogP contribution < -0.4 is 11.4 Å². The van der Waals surface area contributed by atoms with Crippen molar-refractivity contribution in [2.24, 2.45) is 12.8 Å². The van der Waals surface area contributed by atoms with Gasteiger partial charge in [-0.25, -0.2) is 4.79 Å². The van der Waals surface area contributed by atoms with Crippen LogP contribution in [0.1, 0.15) is 17.5 Å². The Bertz CT molecular complexity index is 1070. The number of carbonyl (C=O) groups is 1. The fourth-order valence-corrected chi connectivity index (χ4v) is 2.97. The summed E-state index contributed by atoms with van der Waals surface area (Å²) in [5, 5.41) is 7.46. The summed E-state index contributed by atoms with van der Waals surface area (Å²) in [6, 6.07) is 14.7. The van der Waals surface area contributed by atoms with E-state index in [0.717, 1.165) is 16.8 Å². The Morgan fingerprint density at radius 1 is 1.10 bits per heavy atom. The standard InChI is InChI=1S/C21H22N4O3.ClH/c1-24-18(15-6-3-14(4-7-15)5-12-19(26)28-2)13-25(21(24)27)17-10-8-16(9-11-17)20(22)23;/h3-4,6-11,13H,5,12H2,1-2H3,(H3,22,23);1H. The van der Waals surface area contributed by atoms with Crippen molar-refractivity contribution in [3.05, 3.63) is 76.3 Å². The number of hydrogen-bond acceptors (Lipinski definition) is 4. The smallest absolute Gasteiger partial charge is 0.332 e. The largest absolute Gasteiger partial charge is 0.469 e. The van der Waals surface area contributed by atoms with Crippen LogP contribution in [0.4, 0.5) is 0 Å². The number of methoxy groups -OCH3 is 1. The number of halogens is 1. The van der Waals surface area contributed by atoms with E-state index in [1.165, 1.54) is 7.11 Å². The van der Waals surface area contributed by atoms with E-state index in [1.54, 1.807) is 46.6 Å². The molecule has 0 unspecified atom stereocenters. The quantitative estimate of drug-likeness (QED) is 0.367. The molecule has 0 aliphatic rings. The van der Waals surface area contributed by atoms with E-state index < -0.39 is 0 Å². The van der Waals surface area contributed by atoms with Crippen LogP contribution in [0, 0.1) is 5.41 Å². The molecular weight excluding hydrogens is 392 g/mol. The molecule has 0 saturated carbocycles. The number of nitrogens with two attached hydrogens (primary N) is 1. The van der Waals surface area contributed by atoms with Gasteiger partial charge >= 0.3 is 11.7 Å². The summed E-state index contributed by atoms with van der Waals surface area (Å²) in [7, 11) is 3.10. The number of nitrogen functional groups attached to an aromatic ring is 1. The van der Waals surface area contributed by atoms with E-state index in [-0.39, 0.29) is 29.9 Å². The predicted octanol–water partition coefficient (Wildman–Crippen LogP) is 2.65. The normalized spacial score (nSPS) is 10.3. The van der Waals surface area contributed by atoms with Crippen molar-refractivity contribution in [2.45, 2.75) is 12.8 Å². The van der Waals surface area contributed by atoms with Crippen LogP contribution in [0.2, 0.25) is 0 Å². The highest BCUT2D eigenvalue weighted by Crippen LogP contribution is 2.20. The molecule has 3 N–H and O–H groups in total. The van der Waals surface area contributed by atoms with Crippen LogP contribution in [-0.4, -0.2) is 28.0 Å². The highest BCUT2D eigenvalue weighted by molar-refractivity contribution is 5.95. The maximum absolute atomic E-state index is 12.7. The van der Waals surface area contributed by atoms with Crippen molar-refractivity contribution >= 4 is 24.2 Å². The van der Waals surface area contributed by atoms with E-state index >= 15 is 0 Å². The van der Waals surface area contributed by atoms with Gasteiger partial charge in [0.05, 0.1) is 18.5 Å². The summed E-state index contributed by atoms with van der Waals surface area (Å²) in [5.41, 5.74) is 9.33. The zero-order valence-electron chi connectivity index (χ0n) is 16.2. The zero-order chi connectivity index (χ0) is 20.3. The minimum absolute atomic E-state index is 0. The van der Waals surface area contributed by atoms with E-state index in [0.29, 0.717) is 24.1 Å². The Kier molecular flexibility index (Phi) is 7.01. The Morgan fingerprint density at radius 3 is 2.28 bits per heavy atom. The van der Waals surface area contributed by atoms with Gasteiger partial charge in [-0.05, 0) is 41.8 Å². The third kappa shape index (κ3) is 4.75. The third-order valence-electron chi connectivity index (χ3n) is 4.66. The highest BCUT2D eigenvalue weighted by atomic mass is 35.5. The van der Waals surface area contributed by atoms with Crippen LogP contribution in [0.25, 0.3) is 16.9 Å². The van der Waals surface area contributed by atoms with Crippen LogP contribution in [0.3, 0.4) is 0 Å². The molecule has 29 heavy (non-hydrogen) atoms. The van der Waals surface area contributed by atoms with Crippen LogP contribution in [-0.2, 0) is 23.0 Å². The van der Waals surface area contributed by atoms with Crippen LogP contribution in [0.5, 0.6) is 0 Å². The van der Waals surface area contributed by atoms with E-state index in [9.17, 15) is 9.59 Å². The van der Waals surface area contributed by atoms with Crippen molar-refractivity contribution in [2.75, 3.05) is 7.11 Å². The van der Waals surface area contributed by atoms with Gasteiger partial charge in [-0.15, -0.1) is 12.4 Å². The number of benzene rings is 2. The second-order valence-corrected chi connectivity index (χ2v) is 6.46. The van der Waals surface area contributed by atoms with Gasteiger partial charge in [-0.1, -0.05) is 24.3 Å². The van der Waals surface area contributed by atoms with Gasteiger partial charge in [0.2, 0.25) is 0 Å². The fraction of sp³-hybridized carbons (Fsp3) is 0.190. The summed E-state index contributed by atoms with van der Waals surface area (Å²) in [4.78, 5) is 23.9. The minimum Gasteiger partial charge on any atom is -0.469 e. The van der Waals surface area contributed by atoms with Gasteiger partial charge in [0.1, 0.15) is 5.84 Å². The number of rotatable bonds is 6. The number of carbonyl (C=O) groups excluding carboxylic acids is 1. The zero-order valence-corrected chi connectivity index (χ0v) is 17.0. The molecule has 1 heterocycles. The molecule has 0 aliphatic heterocycles. The Labute approximate surface area is 174 Å². The number of nitrogens with one attached hydrogen (secondary N) is 1. The molecule has 0 aliphatic carbocycles. The van der Waals surface area contributed by atoms with Gasteiger partial charge in [0.25, 0.3) is 0 Å². The van der Waals surface area contributed by atoms with Crippen LogP contribution in [0.15, 0.2) is 59.5 Å². The van der Waals surface area contributed by atoms with Crippen LogP contribution >= 0.6 is 12.4 Å². The van der Waals surface area contributed by atoms with Gasteiger partial charge < -0.3 is 10.5 Å². The molecule has 0 atom stereocenters. The molecule has 3 rings (SSSR count). The lowest BCUT2D eigenvalue weighted by Gasteiger charge is -2.04. The van der Waals surface area contributed by atoms with Gasteiger partial charge in [-0.2, -0.15) is 0 Å². The van der Waals surface area contributed by atoms with Gasteiger partial charge in [-0.3, -0.25) is 19.3 Å². The van der Waals surface area contributed by atoms with Gasteiger partial charge in [0.15, 0.2) is 0 Å². The lowest BCUT2D eigenvalue weighted by atomic mass is 10.1. The van der Waals surface area contributed by atoms with E-state index in [4.69, 9.17) is 11.1 Å².